The minimum absolute atomic E-state index is 0.247. The van der Waals surface area contributed by atoms with Crippen molar-refractivity contribution in [1.82, 2.24) is 9.55 Å². The Bertz CT molecular complexity index is 1290. The van der Waals surface area contributed by atoms with E-state index in [-0.39, 0.29) is 11.2 Å². The topological polar surface area (TPSA) is 93.5 Å². The van der Waals surface area contributed by atoms with Gasteiger partial charge in [-0.2, -0.15) is 0 Å². The third-order valence-corrected chi connectivity index (χ3v) is 4.77. The van der Waals surface area contributed by atoms with E-state index in [1.807, 2.05) is 19.1 Å². The van der Waals surface area contributed by atoms with E-state index in [0.29, 0.717) is 22.5 Å². The van der Waals surface area contributed by atoms with Gasteiger partial charge in [0.05, 0.1) is 18.2 Å². The summed E-state index contributed by atoms with van der Waals surface area (Å²) in [6.07, 6.45) is 1.52. The van der Waals surface area contributed by atoms with Gasteiger partial charge in [-0.1, -0.05) is 17.7 Å². The van der Waals surface area contributed by atoms with E-state index in [9.17, 15) is 14.7 Å². The first-order valence-electron chi connectivity index (χ1n) is 9.24. The first-order valence-corrected chi connectivity index (χ1v) is 9.24. The van der Waals surface area contributed by atoms with Crippen LogP contribution in [0.25, 0.3) is 16.7 Å². The number of amides is 1. The SMILES string of the molecule is COc1ccc(-n2c(=O)c(C(=O)Nc3ccc(C)cc3)c(O)c3cccnc32)cc1. The van der Waals surface area contributed by atoms with Crippen LogP contribution in [-0.2, 0) is 0 Å². The van der Waals surface area contributed by atoms with Crippen LogP contribution in [0.4, 0.5) is 5.69 Å². The average Bonchev–Trinajstić information content (AvgIpc) is 2.76. The monoisotopic (exact) mass is 401 g/mol. The minimum Gasteiger partial charge on any atom is -0.506 e. The molecule has 7 heteroatoms. The Labute approximate surface area is 172 Å². The number of carbonyl (C=O) groups is 1. The molecule has 0 atom stereocenters. The Morgan fingerprint density at radius 1 is 1.07 bits per heavy atom. The van der Waals surface area contributed by atoms with Crippen molar-refractivity contribution >= 4 is 22.6 Å². The zero-order valence-corrected chi connectivity index (χ0v) is 16.4. The number of hydrogen-bond donors (Lipinski definition) is 2. The van der Waals surface area contributed by atoms with E-state index in [4.69, 9.17) is 4.74 Å². The lowest BCUT2D eigenvalue weighted by molar-refractivity contribution is 0.102. The van der Waals surface area contributed by atoms with Crippen molar-refractivity contribution in [2.24, 2.45) is 0 Å². The molecule has 0 aliphatic carbocycles. The van der Waals surface area contributed by atoms with Gasteiger partial charge in [-0.15, -0.1) is 0 Å². The van der Waals surface area contributed by atoms with Crippen molar-refractivity contribution in [3.05, 3.63) is 88.3 Å². The second kappa shape index (κ2) is 7.71. The van der Waals surface area contributed by atoms with Crippen LogP contribution in [-0.4, -0.2) is 27.7 Å². The average molecular weight is 401 g/mol. The summed E-state index contributed by atoms with van der Waals surface area (Å²) in [5, 5.41) is 13.7. The number of ether oxygens (including phenoxy) is 1. The van der Waals surface area contributed by atoms with Crippen LogP contribution in [0.3, 0.4) is 0 Å². The molecule has 0 saturated heterocycles. The number of methoxy groups -OCH3 is 1. The number of rotatable bonds is 4. The number of fused-ring (bicyclic) bond motifs is 1. The number of aryl methyl sites for hydroxylation is 1. The molecule has 4 aromatic rings. The summed E-state index contributed by atoms with van der Waals surface area (Å²) in [6, 6.07) is 17.2. The van der Waals surface area contributed by atoms with E-state index < -0.39 is 17.2 Å². The lowest BCUT2D eigenvalue weighted by Crippen LogP contribution is -2.29. The van der Waals surface area contributed by atoms with Gasteiger partial charge in [0.15, 0.2) is 5.65 Å². The summed E-state index contributed by atoms with van der Waals surface area (Å²) >= 11 is 0. The molecule has 0 fully saturated rings. The molecule has 1 amide bonds. The maximum Gasteiger partial charge on any atom is 0.273 e. The molecule has 2 N–H and O–H groups in total. The molecule has 0 spiro atoms. The number of carbonyl (C=O) groups excluding carboxylic acids is 1. The fourth-order valence-electron chi connectivity index (χ4n) is 3.21. The number of benzene rings is 2. The van der Waals surface area contributed by atoms with Crippen molar-refractivity contribution < 1.29 is 14.6 Å². The smallest absolute Gasteiger partial charge is 0.273 e. The lowest BCUT2D eigenvalue weighted by Gasteiger charge is -2.14. The number of aromatic nitrogens is 2. The maximum absolute atomic E-state index is 13.3. The summed E-state index contributed by atoms with van der Waals surface area (Å²) in [6.45, 7) is 1.93. The fourth-order valence-corrected chi connectivity index (χ4v) is 3.21. The largest absolute Gasteiger partial charge is 0.506 e. The number of anilines is 1. The second-order valence-corrected chi connectivity index (χ2v) is 6.76. The number of pyridine rings is 2. The highest BCUT2D eigenvalue weighted by molar-refractivity contribution is 6.09. The van der Waals surface area contributed by atoms with Gasteiger partial charge in [0, 0.05) is 11.9 Å². The van der Waals surface area contributed by atoms with Gasteiger partial charge >= 0.3 is 0 Å². The third-order valence-electron chi connectivity index (χ3n) is 4.77. The van der Waals surface area contributed by atoms with Gasteiger partial charge in [-0.3, -0.25) is 14.2 Å². The highest BCUT2D eigenvalue weighted by Crippen LogP contribution is 2.28. The van der Waals surface area contributed by atoms with Gasteiger partial charge in [0.1, 0.15) is 17.1 Å². The van der Waals surface area contributed by atoms with Crippen molar-refractivity contribution in [3.8, 4) is 17.2 Å². The quantitative estimate of drug-likeness (QED) is 0.544. The summed E-state index contributed by atoms with van der Waals surface area (Å²) in [5.74, 6) is -0.480. The second-order valence-electron chi connectivity index (χ2n) is 6.76. The molecule has 2 heterocycles. The first kappa shape index (κ1) is 19.2. The minimum atomic E-state index is -0.700. The molecule has 150 valence electrons. The molecule has 0 bridgehead atoms. The van der Waals surface area contributed by atoms with Crippen LogP contribution in [0.15, 0.2) is 71.7 Å². The number of hydrogen-bond acceptors (Lipinski definition) is 5. The fraction of sp³-hybridized carbons (Fsp3) is 0.0870. The molecule has 4 rings (SSSR count). The third kappa shape index (κ3) is 3.37. The van der Waals surface area contributed by atoms with Crippen LogP contribution in [0, 0.1) is 6.92 Å². The molecule has 0 radical (unpaired) electrons. The Hall–Kier alpha value is -4.13. The van der Waals surface area contributed by atoms with E-state index >= 15 is 0 Å². The zero-order valence-electron chi connectivity index (χ0n) is 16.4. The number of aromatic hydroxyl groups is 1. The van der Waals surface area contributed by atoms with Crippen LogP contribution in [0.2, 0.25) is 0 Å². The van der Waals surface area contributed by atoms with Crippen LogP contribution in [0.1, 0.15) is 15.9 Å². The Balaban J connectivity index is 1.90. The Kier molecular flexibility index (Phi) is 4.93. The molecule has 2 aromatic heterocycles. The normalized spacial score (nSPS) is 10.7. The molecule has 2 aromatic carbocycles. The maximum atomic E-state index is 13.3. The predicted molar refractivity (Wildman–Crippen MR) is 115 cm³/mol. The molecule has 30 heavy (non-hydrogen) atoms. The summed E-state index contributed by atoms with van der Waals surface area (Å²) in [5.41, 5.74) is 1.27. The van der Waals surface area contributed by atoms with Crippen LogP contribution >= 0.6 is 0 Å². The molecule has 0 aliphatic heterocycles. The number of nitrogens with one attached hydrogen (secondary N) is 1. The Morgan fingerprint density at radius 3 is 2.43 bits per heavy atom. The predicted octanol–water partition coefficient (Wildman–Crippen LogP) is 3.66. The standard InChI is InChI=1S/C23H19N3O4/c1-14-5-7-15(8-6-14)25-22(28)19-20(27)18-4-3-13-24-21(18)26(23(19)29)16-9-11-17(30-2)12-10-16/h3-13,27H,1-2H3,(H,25,28). The van der Waals surface area contributed by atoms with Gasteiger partial charge in [-0.25, -0.2) is 4.98 Å². The van der Waals surface area contributed by atoms with Gasteiger partial charge in [0.2, 0.25) is 0 Å². The number of nitrogens with zero attached hydrogens (tertiary/aromatic N) is 2. The van der Waals surface area contributed by atoms with Crippen molar-refractivity contribution in [3.63, 3.8) is 0 Å². The molecule has 0 unspecified atom stereocenters. The van der Waals surface area contributed by atoms with E-state index in [1.165, 1.54) is 10.8 Å². The Morgan fingerprint density at radius 2 is 1.77 bits per heavy atom. The summed E-state index contributed by atoms with van der Waals surface area (Å²) in [4.78, 5) is 30.5. The van der Waals surface area contributed by atoms with E-state index in [0.717, 1.165) is 5.56 Å². The highest BCUT2D eigenvalue weighted by Gasteiger charge is 2.23. The van der Waals surface area contributed by atoms with E-state index in [2.05, 4.69) is 10.3 Å². The zero-order chi connectivity index (χ0) is 21.3. The molecule has 7 nitrogen and oxygen atoms in total. The van der Waals surface area contributed by atoms with Crippen LogP contribution < -0.4 is 15.6 Å². The molecule has 0 saturated carbocycles. The molecular formula is C23H19N3O4. The van der Waals surface area contributed by atoms with Gasteiger partial charge < -0.3 is 15.2 Å². The lowest BCUT2D eigenvalue weighted by atomic mass is 10.1. The first-order chi connectivity index (χ1) is 14.5. The highest BCUT2D eigenvalue weighted by atomic mass is 16.5. The van der Waals surface area contributed by atoms with Crippen molar-refractivity contribution in [2.75, 3.05) is 12.4 Å². The summed E-state index contributed by atoms with van der Waals surface area (Å²) in [7, 11) is 1.55. The van der Waals surface area contributed by atoms with Crippen molar-refractivity contribution in [1.29, 1.82) is 0 Å². The van der Waals surface area contributed by atoms with E-state index in [1.54, 1.807) is 55.6 Å². The molecule has 0 aliphatic rings. The van der Waals surface area contributed by atoms with Crippen LogP contribution in [0.5, 0.6) is 11.5 Å². The molecular weight excluding hydrogens is 382 g/mol. The summed E-state index contributed by atoms with van der Waals surface area (Å²) < 4.78 is 6.48. The van der Waals surface area contributed by atoms with Crippen molar-refractivity contribution in [2.45, 2.75) is 6.92 Å². The van der Waals surface area contributed by atoms with Gasteiger partial charge in [0.25, 0.3) is 11.5 Å². The van der Waals surface area contributed by atoms with Gasteiger partial charge in [-0.05, 0) is 55.5 Å².